The smallest absolute Gasteiger partial charge is 0.159 e. The number of aliphatic hydroxyl groups excluding tert-OH is 1. The van der Waals surface area contributed by atoms with Crippen LogP contribution in [0.25, 0.3) is 0 Å². The molecule has 4 heteroatoms. The Balaban J connectivity index is 2.29. The Labute approximate surface area is 83.1 Å². The molecule has 2 rings (SSSR count). The van der Waals surface area contributed by atoms with Crippen LogP contribution in [0.5, 0.6) is 0 Å². The maximum Gasteiger partial charge on any atom is 0.159 e. The summed E-state index contributed by atoms with van der Waals surface area (Å²) in [6, 6.07) is -0.413. The van der Waals surface area contributed by atoms with E-state index in [1.165, 1.54) is 19.3 Å². The fourth-order valence-corrected chi connectivity index (χ4v) is 1.97. The summed E-state index contributed by atoms with van der Waals surface area (Å²) in [5, 5.41) is 13.0. The number of aromatic nitrogens is 1. The number of aliphatic hydroxyl groups is 1. The highest BCUT2D eigenvalue weighted by atomic mass is 16.5. The standard InChI is InChI=1S/C10H16N2O2/c11-8(6-13)10-7-4-2-1-3-5-9(7)12-14-10/h8,13H,1-6,11H2. The fourth-order valence-electron chi connectivity index (χ4n) is 1.97. The van der Waals surface area contributed by atoms with Crippen molar-refractivity contribution in [1.82, 2.24) is 5.16 Å². The Kier molecular flexibility index (Phi) is 2.84. The van der Waals surface area contributed by atoms with E-state index in [1.807, 2.05) is 0 Å². The maximum atomic E-state index is 8.97. The Morgan fingerprint density at radius 2 is 2.14 bits per heavy atom. The zero-order valence-corrected chi connectivity index (χ0v) is 8.20. The predicted octanol–water partition coefficient (Wildman–Crippen LogP) is 0.936. The van der Waals surface area contributed by atoms with Crippen molar-refractivity contribution >= 4 is 0 Å². The largest absolute Gasteiger partial charge is 0.394 e. The first kappa shape index (κ1) is 9.68. The summed E-state index contributed by atoms with van der Waals surface area (Å²) in [4.78, 5) is 0. The molecule has 0 saturated heterocycles. The highest BCUT2D eigenvalue weighted by Crippen LogP contribution is 2.26. The third-order valence-corrected chi connectivity index (χ3v) is 2.77. The third kappa shape index (κ3) is 1.67. The molecule has 1 unspecified atom stereocenters. The molecule has 4 nitrogen and oxygen atoms in total. The lowest BCUT2D eigenvalue weighted by molar-refractivity contribution is 0.239. The predicted molar refractivity (Wildman–Crippen MR) is 51.8 cm³/mol. The van der Waals surface area contributed by atoms with E-state index in [0.29, 0.717) is 5.76 Å². The van der Waals surface area contributed by atoms with E-state index in [9.17, 15) is 0 Å². The van der Waals surface area contributed by atoms with Crippen LogP contribution < -0.4 is 5.73 Å². The van der Waals surface area contributed by atoms with Gasteiger partial charge in [0.05, 0.1) is 18.3 Å². The lowest BCUT2D eigenvalue weighted by atomic mass is 10.0. The lowest BCUT2D eigenvalue weighted by Gasteiger charge is -2.05. The van der Waals surface area contributed by atoms with Crippen molar-refractivity contribution in [2.75, 3.05) is 6.61 Å². The molecule has 0 aromatic carbocycles. The molecule has 0 fully saturated rings. The summed E-state index contributed by atoms with van der Waals surface area (Å²) in [5.41, 5.74) is 7.92. The van der Waals surface area contributed by atoms with Crippen LogP contribution in [0.4, 0.5) is 0 Å². The van der Waals surface area contributed by atoms with E-state index in [4.69, 9.17) is 15.4 Å². The second-order valence-corrected chi connectivity index (χ2v) is 3.82. The molecular formula is C10H16N2O2. The first-order chi connectivity index (χ1) is 6.83. The zero-order valence-electron chi connectivity index (χ0n) is 8.20. The molecule has 0 radical (unpaired) electrons. The molecule has 78 valence electrons. The Morgan fingerprint density at radius 3 is 2.93 bits per heavy atom. The van der Waals surface area contributed by atoms with Crippen molar-refractivity contribution in [2.45, 2.75) is 38.1 Å². The van der Waals surface area contributed by atoms with Gasteiger partial charge in [-0.2, -0.15) is 0 Å². The van der Waals surface area contributed by atoms with Gasteiger partial charge in [-0.1, -0.05) is 11.6 Å². The molecule has 1 aromatic heterocycles. The molecule has 3 N–H and O–H groups in total. The number of nitrogens with zero attached hydrogens (tertiary/aromatic N) is 1. The molecule has 0 saturated carbocycles. The second kappa shape index (κ2) is 4.11. The van der Waals surface area contributed by atoms with Gasteiger partial charge in [0, 0.05) is 5.56 Å². The number of hydrogen-bond donors (Lipinski definition) is 2. The first-order valence-electron chi connectivity index (χ1n) is 5.16. The minimum atomic E-state index is -0.413. The molecule has 1 heterocycles. The minimum Gasteiger partial charge on any atom is -0.394 e. The normalized spacial score (nSPS) is 18.7. The number of aryl methyl sites for hydroxylation is 1. The van der Waals surface area contributed by atoms with Crippen molar-refractivity contribution in [3.05, 3.63) is 17.0 Å². The summed E-state index contributed by atoms with van der Waals surface area (Å²) in [7, 11) is 0. The van der Waals surface area contributed by atoms with E-state index in [2.05, 4.69) is 5.16 Å². The van der Waals surface area contributed by atoms with Crippen molar-refractivity contribution in [1.29, 1.82) is 0 Å². The molecule has 1 atom stereocenters. The van der Waals surface area contributed by atoms with Gasteiger partial charge in [-0.3, -0.25) is 0 Å². The van der Waals surface area contributed by atoms with E-state index in [0.717, 1.165) is 24.1 Å². The maximum absolute atomic E-state index is 8.97. The van der Waals surface area contributed by atoms with Gasteiger partial charge in [-0.25, -0.2) is 0 Å². The van der Waals surface area contributed by atoms with Gasteiger partial charge in [0.15, 0.2) is 5.76 Å². The van der Waals surface area contributed by atoms with Crippen LogP contribution in [0.15, 0.2) is 4.52 Å². The van der Waals surface area contributed by atoms with Gasteiger partial charge in [-0.15, -0.1) is 0 Å². The average molecular weight is 196 g/mol. The molecule has 0 aliphatic heterocycles. The van der Waals surface area contributed by atoms with Gasteiger partial charge in [0.2, 0.25) is 0 Å². The van der Waals surface area contributed by atoms with E-state index >= 15 is 0 Å². The van der Waals surface area contributed by atoms with Gasteiger partial charge < -0.3 is 15.4 Å². The molecule has 14 heavy (non-hydrogen) atoms. The summed E-state index contributed by atoms with van der Waals surface area (Å²) < 4.78 is 5.19. The van der Waals surface area contributed by atoms with Crippen LogP contribution in [0, 0.1) is 0 Å². The van der Waals surface area contributed by atoms with Crippen molar-refractivity contribution in [3.8, 4) is 0 Å². The molecule has 1 aliphatic carbocycles. The summed E-state index contributed by atoms with van der Waals surface area (Å²) in [6.45, 7) is -0.0817. The minimum absolute atomic E-state index is 0.0817. The molecule has 0 bridgehead atoms. The average Bonchev–Trinajstić information content (AvgIpc) is 2.46. The highest BCUT2D eigenvalue weighted by molar-refractivity contribution is 5.26. The van der Waals surface area contributed by atoms with Crippen LogP contribution in [0.3, 0.4) is 0 Å². The Bertz CT molecular complexity index is 309. The zero-order chi connectivity index (χ0) is 9.97. The Morgan fingerprint density at radius 1 is 1.36 bits per heavy atom. The second-order valence-electron chi connectivity index (χ2n) is 3.82. The van der Waals surface area contributed by atoms with Gasteiger partial charge in [0.1, 0.15) is 0 Å². The Hall–Kier alpha value is -0.870. The van der Waals surface area contributed by atoms with E-state index in [-0.39, 0.29) is 6.61 Å². The summed E-state index contributed by atoms with van der Waals surface area (Å²) >= 11 is 0. The number of fused-ring (bicyclic) bond motifs is 1. The quantitative estimate of drug-likeness (QED) is 0.690. The van der Waals surface area contributed by atoms with Crippen molar-refractivity contribution < 1.29 is 9.63 Å². The number of rotatable bonds is 2. The fraction of sp³-hybridized carbons (Fsp3) is 0.700. The van der Waals surface area contributed by atoms with Crippen LogP contribution in [-0.4, -0.2) is 16.9 Å². The molecule has 1 aromatic rings. The number of hydrogen-bond acceptors (Lipinski definition) is 4. The van der Waals surface area contributed by atoms with Gasteiger partial charge in [-0.05, 0) is 25.7 Å². The topological polar surface area (TPSA) is 72.3 Å². The monoisotopic (exact) mass is 196 g/mol. The van der Waals surface area contributed by atoms with E-state index < -0.39 is 6.04 Å². The molecule has 0 spiro atoms. The summed E-state index contributed by atoms with van der Waals surface area (Å²) in [5.74, 6) is 0.685. The van der Waals surface area contributed by atoms with Crippen molar-refractivity contribution in [2.24, 2.45) is 5.73 Å². The van der Waals surface area contributed by atoms with Crippen LogP contribution in [-0.2, 0) is 12.8 Å². The van der Waals surface area contributed by atoms with Crippen LogP contribution in [0.2, 0.25) is 0 Å². The molecule has 0 amide bonds. The SMILES string of the molecule is NC(CO)c1onc2c1CCCCC2. The highest BCUT2D eigenvalue weighted by Gasteiger charge is 2.21. The molecule has 1 aliphatic rings. The third-order valence-electron chi connectivity index (χ3n) is 2.77. The van der Waals surface area contributed by atoms with Crippen LogP contribution >= 0.6 is 0 Å². The van der Waals surface area contributed by atoms with Gasteiger partial charge >= 0.3 is 0 Å². The van der Waals surface area contributed by atoms with Crippen molar-refractivity contribution in [3.63, 3.8) is 0 Å². The van der Waals surface area contributed by atoms with Gasteiger partial charge in [0.25, 0.3) is 0 Å². The lowest BCUT2D eigenvalue weighted by Crippen LogP contribution is -2.15. The van der Waals surface area contributed by atoms with E-state index in [1.54, 1.807) is 0 Å². The molecular weight excluding hydrogens is 180 g/mol. The first-order valence-corrected chi connectivity index (χ1v) is 5.16. The summed E-state index contributed by atoms with van der Waals surface area (Å²) in [6.07, 6.45) is 5.55. The van der Waals surface area contributed by atoms with Crippen LogP contribution in [0.1, 0.15) is 42.3 Å². The number of nitrogens with two attached hydrogens (primary N) is 1.